The van der Waals surface area contributed by atoms with Gasteiger partial charge in [-0.2, -0.15) is 16.7 Å². The van der Waals surface area contributed by atoms with E-state index in [1.54, 1.807) is 0 Å². The number of ether oxygens (including phenoxy) is 1. The van der Waals surface area contributed by atoms with Gasteiger partial charge in [0.15, 0.2) is 12.4 Å². The SMILES string of the molecule is CC(C)(C)c1cccc([N@+]23[CH-][N+]2(c2[c-]c(Oc4[c-]c5c(cc4)c4ccccc4n5-c4cc(C(C)(C)C)ccn4)ccc2)c2ccccc23)c1.[Pt]. The molecular weight excluding hydrogens is 796 g/mol. The summed E-state index contributed by atoms with van der Waals surface area (Å²) >= 11 is 0. The van der Waals surface area contributed by atoms with Crippen LogP contribution in [0.3, 0.4) is 0 Å². The smallest absolute Gasteiger partial charge is 0.225 e. The van der Waals surface area contributed by atoms with Gasteiger partial charge in [-0.25, -0.2) is 9.58 Å². The van der Waals surface area contributed by atoms with Crippen LogP contribution in [0.2, 0.25) is 0 Å². The molecule has 2 aliphatic heterocycles. The molecule has 5 aromatic carbocycles. The summed E-state index contributed by atoms with van der Waals surface area (Å²) in [6.07, 6.45) is 1.90. The maximum atomic E-state index is 6.59. The van der Waals surface area contributed by atoms with Crippen LogP contribution in [0.4, 0.5) is 22.7 Å². The molecule has 1 saturated heterocycles. The summed E-state index contributed by atoms with van der Waals surface area (Å²) in [6.45, 7) is 15.9. The molecule has 0 saturated carbocycles. The van der Waals surface area contributed by atoms with Crippen molar-refractivity contribution in [2.24, 2.45) is 0 Å². The Labute approximate surface area is 308 Å². The first-order valence-electron chi connectivity index (χ1n) is 17.0. The molecule has 1 fully saturated rings. The monoisotopic (exact) mass is 834 g/mol. The third kappa shape index (κ3) is 4.67. The first-order valence-corrected chi connectivity index (χ1v) is 17.0. The van der Waals surface area contributed by atoms with Crippen LogP contribution >= 0.6 is 0 Å². The maximum Gasteiger partial charge on any atom is 0.225 e. The molecule has 0 bridgehead atoms. The Kier molecular flexibility index (Phi) is 7.34. The van der Waals surface area contributed by atoms with Gasteiger partial charge in [0.2, 0.25) is 11.4 Å². The minimum absolute atomic E-state index is 0. The zero-order valence-corrected chi connectivity index (χ0v) is 31.4. The zero-order valence-electron chi connectivity index (χ0n) is 29.1. The maximum absolute atomic E-state index is 6.59. The standard InChI is InChI=1S/C44H39N4O.Pt/c1-43(2,3)30-13-11-14-32(25-30)47-29-48(47,41-20-10-9-19-40(41)47)33-15-12-16-34(27-33)49-35-21-22-37-36-17-7-8-18-38(36)46(39(37)28-35)42-26-31(23-24-45-42)44(4,5)6;/h7-26,29H,1-6H3;/q-1;/t47-,48?;/m0./s1. The van der Waals surface area contributed by atoms with E-state index < -0.39 is 0 Å². The van der Waals surface area contributed by atoms with Crippen molar-refractivity contribution in [1.29, 1.82) is 0 Å². The van der Waals surface area contributed by atoms with Gasteiger partial charge in [0.05, 0.1) is 5.69 Å². The van der Waals surface area contributed by atoms with Gasteiger partial charge >= 0.3 is 0 Å². The summed E-state index contributed by atoms with van der Waals surface area (Å²) in [5.74, 6) is 2.16. The summed E-state index contributed by atoms with van der Waals surface area (Å²) in [7, 11) is 0. The molecule has 2 aromatic heterocycles. The van der Waals surface area contributed by atoms with Gasteiger partial charge in [-0.1, -0.05) is 95.6 Å². The summed E-state index contributed by atoms with van der Waals surface area (Å²) in [4.78, 5) is 4.83. The molecular formula is C44H39N4OPt-. The van der Waals surface area contributed by atoms with E-state index in [9.17, 15) is 0 Å². The summed E-state index contributed by atoms with van der Waals surface area (Å²) in [5.41, 5.74) is 9.48. The van der Waals surface area contributed by atoms with Crippen molar-refractivity contribution < 1.29 is 25.8 Å². The van der Waals surface area contributed by atoms with Crippen LogP contribution in [0.5, 0.6) is 11.5 Å². The number of para-hydroxylation sites is 3. The van der Waals surface area contributed by atoms with Crippen LogP contribution in [0.1, 0.15) is 52.7 Å². The number of quaternary nitrogens is 2. The Bertz CT molecular complexity index is 2450. The minimum atomic E-state index is -0.00106. The number of pyridine rings is 1. The molecule has 7 aromatic rings. The second-order valence-electron chi connectivity index (χ2n) is 15.4. The van der Waals surface area contributed by atoms with Gasteiger partial charge in [0.1, 0.15) is 5.82 Å². The summed E-state index contributed by atoms with van der Waals surface area (Å²) < 4.78 is 10.0. The molecule has 0 aliphatic carbocycles. The van der Waals surface area contributed by atoms with Gasteiger partial charge in [-0.3, -0.25) is 0 Å². The molecule has 0 radical (unpaired) electrons. The van der Waals surface area contributed by atoms with E-state index in [-0.39, 0.29) is 31.9 Å². The Morgan fingerprint density at radius 1 is 0.640 bits per heavy atom. The molecule has 6 heteroatoms. The number of benzene rings is 5. The van der Waals surface area contributed by atoms with E-state index in [1.165, 1.54) is 28.2 Å². The van der Waals surface area contributed by atoms with Crippen LogP contribution in [0.25, 0.3) is 27.6 Å². The molecule has 50 heavy (non-hydrogen) atoms. The number of aromatic nitrogens is 2. The molecule has 2 aliphatic rings. The normalized spacial score (nSPS) is 19.3. The van der Waals surface area contributed by atoms with Crippen LogP contribution in [0, 0.1) is 18.8 Å². The topological polar surface area (TPSA) is 27.1 Å². The Balaban J connectivity index is 0.00000361. The van der Waals surface area contributed by atoms with Crippen molar-refractivity contribution in [3.05, 3.63) is 151 Å². The average Bonchev–Trinajstić information content (AvgIpc) is 3.58. The molecule has 0 N–H and O–H groups in total. The summed E-state index contributed by atoms with van der Waals surface area (Å²) in [5, 5.41) is 2.27. The van der Waals surface area contributed by atoms with Crippen LogP contribution in [0.15, 0.2) is 121 Å². The molecule has 0 amide bonds. The van der Waals surface area contributed by atoms with Crippen LogP contribution < -0.4 is 13.9 Å². The van der Waals surface area contributed by atoms with Crippen molar-refractivity contribution >= 4 is 44.6 Å². The van der Waals surface area contributed by atoms with E-state index in [4.69, 9.17) is 9.72 Å². The van der Waals surface area contributed by atoms with Crippen molar-refractivity contribution in [3.63, 3.8) is 0 Å². The van der Waals surface area contributed by atoms with E-state index >= 15 is 0 Å². The van der Waals surface area contributed by atoms with Crippen LogP contribution in [-0.2, 0) is 31.9 Å². The van der Waals surface area contributed by atoms with Crippen molar-refractivity contribution in [2.45, 2.75) is 52.4 Å². The van der Waals surface area contributed by atoms with Gasteiger partial charge in [-0.15, -0.1) is 29.7 Å². The first kappa shape index (κ1) is 32.7. The Morgan fingerprint density at radius 2 is 1.32 bits per heavy atom. The van der Waals surface area contributed by atoms with E-state index in [0.29, 0.717) is 20.7 Å². The third-order valence-corrected chi connectivity index (χ3v) is 10.2. The van der Waals surface area contributed by atoms with E-state index in [0.717, 1.165) is 33.3 Å². The Hall–Kier alpha value is -4.54. The zero-order chi connectivity index (χ0) is 33.8. The number of nitrogens with zero attached hydrogens (tertiary/aromatic N) is 4. The van der Waals surface area contributed by atoms with E-state index in [2.05, 4.69) is 168 Å². The molecule has 2 atom stereocenters. The second kappa shape index (κ2) is 11.2. The number of hydrogen-bond donors (Lipinski definition) is 0. The number of fused-ring (bicyclic) bond motifs is 7. The van der Waals surface area contributed by atoms with Crippen molar-refractivity contribution in [1.82, 2.24) is 18.7 Å². The summed E-state index contributed by atoms with van der Waals surface area (Å²) in [6, 6.07) is 48.2. The molecule has 252 valence electrons. The predicted octanol–water partition coefficient (Wildman–Crippen LogP) is 11.5. The fourth-order valence-corrected chi connectivity index (χ4v) is 7.61. The molecule has 0 spiro atoms. The fourth-order valence-electron chi connectivity index (χ4n) is 7.61. The van der Waals surface area contributed by atoms with E-state index in [1.807, 2.05) is 18.3 Å². The average molecular weight is 835 g/mol. The quantitative estimate of drug-likeness (QED) is 0.0981. The van der Waals surface area contributed by atoms with Gasteiger partial charge in [-0.05, 0) is 45.5 Å². The molecule has 9 rings (SSSR count). The van der Waals surface area contributed by atoms with Crippen molar-refractivity contribution in [3.8, 4) is 17.3 Å². The number of rotatable bonds is 5. The van der Waals surface area contributed by atoms with Crippen LogP contribution in [-0.4, -0.2) is 9.55 Å². The minimum Gasteiger partial charge on any atom is -0.509 e. The molecule has 1 unspecified atom stereocenters. The number of hydrogen-bond acceptors (Lipinski definition) is 2. The molecule has 4 heterocycles. The van der Waals surface area contributed by atoms with Crippen molar-refractivity contribution in [2.75, 3.05) is 0 Å². The third-order valence-electron chi connectivity index (χ3n) is 10.2. The largest absolute Gasteiger partial charge is 0.509 e. The van der Waals surface area contributed by atoms with Gasteiger partial charge < -0.3 is 9.30 Å². The predicted molar refractivity (Wildman–Crippen MR) is 200 cm³/mol. The van der Waals surface area contributed by atoms with Gasteiger partial charge in [0, 0.05) is 68.5 Å². The van der Waals surface area contributed by atoms with Gasteiger partial charge in [0.25, 0.3) is 0 Å². The first-order chi connectivity index (χ1) is 23.5. The fraction of sp³-hybridized carbons (Fsp3) is 0.182. The Morgan fingerprint density at radius 3 is 2.10 bits per heavy atom. The molecule has 5 nitrogen and oxygen atoms in total. The second-order valence-corrected chi connectivity index (χ2v) is 15.4.